The van der Waals surface area contributed by atoms with Gasteiger partial charge in [0.1, 0.15) is 12.4 Å². The molecule has 2 aromatic carbocycles. The molecule has 20 heavy (non-hydrogen) atoms. The van der Waals surface area contributed by atoms with Crippen LogP contribution in [0.4, 0.5) is 5.69 Å². The van der Waals surface area contributed by atoms with Gasteiger partial charge in [0.25, 0.3) is 0 Å². The van der Waals surface area contributed by atoms with E-state index in [2.05, 4.69) is 20.9 Å². The van der Waals surface area contributed by atoms with Crippen LogP contribution in [0.15, 0.2) is 40.9 Å². The molecular formula is C15H13BrN2OS. The van der Waals surface area contributed by atoms with E-state index in [-0.39, 0.29) is 0 Å². The van der Waals surface area contributed by atoms with E-state index in [1.54, 1.807) is 11.3 Å². The minimum atomic E-state index is 0.472. The molecular weight excluding hydrogens is 336 g/mol. The predicted octanol–water partition coefficient (Wildman–Crippen LogP) is 4.53. The van der Waals surface area contributed by atoms with Crippen molar-refractivity contribution >= 4 is 43.2 Å². The number of aromatic nitrogens is 1. The fourth-order valence-electron chi connectivity index (χ4n) is 1.98. The normalized spacial score (nSPS) is 10.9. The highest BCUT2D eigenvalue weighted by Crippen LogP contribution is 2.32. The zero-order valence-electron chi connectivity index (χ0n) is 10.9. The van der Waals surface area contributed by atoms with Gasteiger partial charge >= 0.3 is 0 Å². The lowest BCUT2D eigenvalue weighted by molar-refractivity contribution is 0.307. The summed E-state index contributed by atoms with van der Waals surface area (Å²) in [5.74, 6) is 0.679. The molecule has 3 rings (SSSR count). The molecule has 0 bridgehead atoms. The Morgan fingerprint density at radius 3 is 2.90 bits per heavy atom. The number of rotatable bonds is 3. The van der Waals surface area contributed by atoms with Crippen molar-refractivity contribution in [2.75, 3.05) is 5.73 Å². The van der Waals surface area contributed by atoms with Crippen LogP contribution in [0.5, 0.6) is 5.75 Å². The number of benzene rings is 2. The number of thiazole rings is 1. The van der Waals surface area contributed by atoms with Crippen LogP contribution in [0.3, 0.4) is 0 Å². The molecule has 0 aliphatic rings. The first-order chi connectivity index (χ1) is 9.63. The number of ether oxygens (including phenoxy) is 1. The van der Waals surface area contributed by atoms with Crippen LogP contribution in [-0.4, -0.2) is 4.98 Å². The van der Waals surface area contributed by atoms with Gasteiger partial charge < -0.3 is 10.5 Å². The second-order valence-electron chi connectivity index (χ2n) is 4.47. The van der Waals surface area contributed by atoms with E-state index in [1.807, 2.05) is 43.3 Å². The van der Waals surface area contributed by atoms with Gasteiger partial charge in [-0.1, -0.05) is 34.1 Å². The molecule has 0 radical (unpaired) electrons. The van der Waals surface area contributed by atoms with Crippen LogP contribution in [-0.2, 0) is 6.61 Å². The number of nitrogens with zero attached hydrogens (tertiary/aromatic N) is 1. The Morgan fingerprint density at radius 1 is 1.30 bits per heavy atom. The molecule has 3 nitrogen and oxygen atoms in total. The Balaban J connectivity index is 1.87. The highest BCUT2D eigenvalue weighted by Gasteiger charge is 2.08. The Morgan fingerprint density at radius 2 is 2.10 bits per heavy atom. The molecule has 1 aromatic heterocycles. The minimum absolute atomic E-state index is 0.472. The average Bonchev–Trinajstić information content (AvgIpc) is 2.76. The van der Waals surface area contributed by atoms with Gasteiger partial charge in [0.2, 0.25) is 0 Å². The van der Waals surface area contributed by atoms with Crippen LogP contribution < -0.4 is 10.5 Å². The second kappa shape index (κ2) is 5.42. The number of anilines is 1. The lowest BCUT2D eigenvalue weighted by Crippen LogP contribution is -1.99. The summed E-state index contributed by atoms with van der Waals surface area (Å²) in [6.45, 7) is 2.46. The smallest absolute Gasteiger partial charge is 0.144 e. The number of aryl methyl sites for hydroxylation is 1. The van der Waals surface area contributed by atoms with E-state index in [0.717, 1.165) is 25.3 Å². The predicted molar refractivity (Wildman–Crippen MR) is 87.2 cm³/mol. The van der Waals surface area contributed by atoms with Gasteiger partial charge in [-0.2, -0.15) is 0 Å². The molecule has 3 aromatic rings. The summed E-state index contributed by atoms with van der Waals surface area (Å²) in [6, 6.07) is 11.8. The molecule has 0 amide bonds. The topological polar surface area (TPSA) is 48.1 Å². The van der Waals surface area contributed by atoms with Crippen molar-refractivity contribution < 1.29 is 4.74 Å². The van der Waals surface area contributed by atoms with Gasteiger partial charge in [-0.3, -0.25) is 0 Å². The summed E-state index contributed by atoms with van der Waals surface area (Å²) in [5.41, 5.74) is 8.71. The number of hydrogen-bond donors (Lipinski definition) is 1. The number of nitrogen functional groups attached to an aromatic ring is 1. The Kier molecular flexibility index (Phi) is 3.63. The van der Waals surface area contributed by atoms with Crippen LogP contribution >= 0.6 is 27.3 Å². The van der Waals surface area contributed by atoms with Gasteiger partial charge in [0.05, 0.1) is 20.9 Å². The monoisotopic (exact) mass is 348 g/mol. The van der Waals surface area contributed by atoms with Crippen molar-refractivity contribution in [3.63, 3.8) is 0 Å². The largest absolute Gasteiger partial charge is 0.487 e. The molecule has 1 heterocycles. The lowest BCUT2D eigenvalue weighted by Gasteiger charge is -2.10. The Bertz CT molecular complexity index is 770. The molecule has 0 unspecified atom stereocenters. The first kappa shape index (κ1) is 13.4. The third-order valence-corrected chi connectivity index (χ3v) is 4.68. The summed E-state index contributed by atoms with van der Waals surface area (Å²) in [6.07, 6.45) is 0. The molecule has 0 atom stereocenters. The first-order valence-electron chi connectivity index (χ1n) is 6.16. The van der Waals surface area contributed by atoms with Gasteiger partial charge in [0, 0.05) is 16.1 Å². The van der Waals surface area contributed by atoms with E-state index in [0.29, 0.717) is 18.0 Å². The molecule has 5 heteroatoms. The van der Waals surface area contributed by atoms with Crippen molar-refractivity contribution in [1.82, 2.24) is 4.98 Å². The Labute approximate surface area is 129 Å². The molecule has 0 spiro atoms. The fourth-order valence-corrected chi connectivity index (χ4v) is 3.24. The van der Waals surface area contributed by atoms with Crippen LogP contribution in [0, 0.1) is 6.92 Å². The Hall–Kier alpha value is -1.59. The summed E-state index contributed by atoms with van der Waals surface area (Å²) in [5, 5.41) is 1.03. The van der Waals surface area contributed by atoms with E-state index in [4.69, 9.17) is 10.5 Å². The third kappa shape index (κ3) is 2.64. The van der Waals surface area contributed by atoms with Crippen LogP contribution in [0.25, 0.3) is 10.2 Å². The highest BCUT2D eigenvalue weighted by molar-refractivity contribution is 9.10. The van der Waals surface area contributed by atoms with E-state index in [1.165, 1.54) is 0 Å². The molecule has 0 saturated carbocycles. The van der Waals surface area contributed by atoms with Crippen molar-refractivity contribution in [3.8, 4) is 5.75 Å². The zero-order chi connectivity index (χ0) is 14.1. The summed E-state index contributed by atoms with van der Waals surface area (Å²) in [7, 11) is 0. The number of fused-ring (bicyclic) bond motifs is 1. The first-order valence-corrected chi connectivity index (χ1v) is 7.77. The summed E-state index contributed by atoms with van der Waals surface area (Å²) < 4.78 is 7.95. The van der Waals surface area contributed by atoms with Crippen LogP contribution in [0.1, 0.15) is 10.6 Å². The third-order valence-electron chi connectivity index (χ3n) is 2.97. The molecule has 102 valence electrons. The minimum Gasteiger partial charge on any atom is -0.487 e. The molecule has 0 aliphatic carbocycles. The van der Waals surface area contributed by atoms with Crippen LogP contribution in [0.2, 0.25) is 0 Å². The quantitative estimate of drug-likeness (QED) is 0.707. The maximum atomic E-state index is 6.04. The van der Waals surface area contributed by atoms with E-state index in [9.17, 15) is 0 Å². The molecule has 2 N–H and O–H groups in total. The average molecular weight is 349 g/mol. The maximum absolute atomic E-state index is 6.04. The number of hydrogen-bond acceptors (Lipinski definition) is 4. The van der Waals surface area contributed by atoms with Gasteiger partial charge in [-0.25, -0.2) is 4.98 Å². The summed E-state index contributed by atoms with van der Waals surface area (Å²) in [4.78, 5) is 4.46. The van der Waals surface area contributed by atoms with E-state index >= 15 is 0 Å². The van der Waals surface area contributed by atoms with Gasteiger partial charge in [-0.05, 0) is 19.1 Å². The molecule has 0 aliphatic heterocycles. The standard InChI is InChI=1S/C15H13BrN2OS/c1-9-18-13-7-14(12(17)6-15(13)20-9)19-8-10-4-2-3-5-11(10)16/h2-7H,8,17H2,1H3. The summed E-state index contributed by atoms with van der Waals surface area (Å²) >= 11 is 5.15. The van der Waals surface area contributed by atoms with E-state index < -0.39 is 0 Å². The lowest BCUT2D eigenvalue weighted by atomic mass is 10.2. The fraction of sp³-hybridized carbons (Fsp3) is 0.133. The zero-order valence-corrected chi connectivity index (χ0v) is 13.3. The van der Waals surface area contributed by atoms with Crippen molar-refractivity contribution in [2.24, 2.45) is 0 Å². The number of halogens is 1. The molecule has 0 fully saturated rings. The van der Waals surface area contributed by atoms with Gasteiger partial charge in [-0.15, -0.1) is 11.3 Å². The molecule has 0 saturated heterocycles. The van der Waals surface area contributed by atoms with Gasteiger partial charge in [0.15, 0.2) is 0 Å². The maximum Gasteiger partial charge on any atom is 0.144 e. The number of nitrogens with two attached hydrogens (primary N) is 1. The van der Waals surface area contributed by atoms with Crippen molar-refractivity contribution in [1.29, 1.82) is 0 Å². The SMILES string of the molecule is Cc1nc2cc(OCc3ccccc3Br)c(N)cc2s1. The van der Waals surface area contributed by atoms with Crippen molar-refractivity contribution in [3.05, 3.63) is 51.4 Å². The highest BCUT2D eigenvalue weighted by atomic mass is 79.9. The van der Waals surface area contributed by atoms with Crippen molar-refractivity contribution in [2.45, 2.75) is 13.5 Å². The second-order valence-corrected chi connectivity index (χ2v) is 6.56.